The molecular formula is C82H158AlBrCl2LiNO27Pd. The normalized spacial score (nSPS) is 22.3. The van der Waals surface area contributed by atoms with E-state index in [0.717, 1.165) is 110 Å². The number of carboxylic acids is 2. The summed E-state index contributed by atoms with van der Waals surface area (Å²) in [7, 11) is 3.12. The zero-order chi connectivity index (χ0) is 82.6. The molecule has 0 aliphatic carbocycles. The van der Waals surface area contributed by atoms with Gasteiger partial charge in [0.1, 0.15) is 6.29 Å². The van der Waals surface area contributed by atoms with Gasteiger partial charge in [0.25, 0.3) is 5.91 Å². The number of rotatable bonds is 21. The van der Waals surface area contributed by atoms with Crippen molar-refractivity contribution in [3.8, 4) is 0 Å². The monoisotopic (exact) mass is 1880 g/mol. The SMILES string of the molecule is C.C.C.C1CCOC1.C1CCOC1.C=C(CBr)C(=O)OCC.C=CCC(C)O.C=CCC(C)OCC(=C)C(=O)OCC.CC1CCC(C(=O)O)CO1.CCOC(=O)C1=CCC(C)OC1.CCOC(=O)C1CCC(C)OC1.CON(C)C(=O)[C@@H]1CC[C@@H](C)OC1.C[C@@H]1CC[C@@H](C(=O)O)CO1.C[C@@H]1CC[C@@H](C=O)CO1.ClCCl.O.O.[AlH3].[H-].[Li+].[Pd]. The van der Waals surface area contributed by atoms with Crippen molar-refractivity contribution in [2.45, 2.75) is 263 Å². The number of aliphatic carboxylic acids is 2. The summed E-state index contributed by atoms with van der Waals surface area (Å²) < 4.78 is 66.0. The number of carbonyl (C=O) groups excluding carboxylic acids is 6. The van der Waals surface area contributed by atoms with E-state index < -0.39 is 17.9 Å². The number of amides is 1. The summed E-state index contributed by atoms with van der Waals surface area (Å²) in [6, 6.07) is 0. The summed E-state index contributed by atoms with van der Waals surface area (Å²) in [6.07, 6.45) is 24.2. The number of carbonyl (C=O) groups is 8. The topological polar surface area (TPSA) is 393 Å². The quantitative estimate of drug-likeness (QED) is 0.0140. The third kappa shape index (κ3) is 82.0. The van der Waals surface area contributed by atoms with Crippen molar-refractivity contribution in [1.82, 2.24) is 5.06 Å². The summed E-state index contributed by atoms with van der Waals surface area (Å²) in [5, 5.41) is 27.5. The molecule has 0 aromatic rings. The number of alkyl halides is 3. The zero-order valence-electron chi connectivity index (χ0n) is 70.9. The van der Waals surface area contributed by atoms with Gasteiger partial charge in [-0.25, -0.2) is 19.4 Å². The Labute approximate surface area is 754 Å². The molecule has 116 heavy (non-hydrogen) atoms. The van der Waals surface area contributed by atoms with Crippen molar-refractivity contribution in [2.24, 2.45) is 29.6 Å². The van der Waals surface area contributed by atoms with Gasteiger partial charge in [-0.05, 0) is 192 Å². The van der Waals surface area contributed by atoms with Crippen LogP contribution >= 0.6 is 39.1 Å². The molecule has 0 spiro atoms. The summed E-state index contributed by atoms with van der Waals surface area (Å²) in [4.78, 5) is 91.4. The Balaban J connectivity index is -0.0000000923. The van der Waals surface area contributed by atoms with E-state index in [1.54, 1.807) is 46.9 Å². The summed E-state index contributed by atoms with van der Waals surface area (Å²) in [6.45, 7) is 45.6. The second-order valence-corrected chi connectivity index (χ2v) is 27.5. The number of carboxylic acid groups (broad SMARTS) is 2. The molecule has 8 aliphatic heterocycles. The Kier molecular flexibility index (Phi) is 113. The number of aldehydes is 1. The van der Waals surface area contributed by atoms with Crippen molar-refractivity contribution >= 4 is 105 Å². The van der Waals surface area contributed by atoms with E-state index in [9.17, 15) is 38.4 Å². The van der Waals surface area contributed by atoms with Crippen LogP contribution in [0.15, 0.2) is 61.3 Å². The number of halogens is 3. The van der Waals surface area contributed by atoms with Crippen LogP contribution < -0.4 is 18.9 Å². The molecule has 28 nitrogen and oxygen atoms in total. The smallest absolute Gasteiger partial charge is 1.00 e. The van der Waals surface area contributed by atoms with Crippen LogP contribution in [0.2, 0.25) is 0 Å². The predicted octanol–water partition coefficient (Wildman–Crippen LogP) is 9.98. The molecule has 0 aromatic carbocycles. The fourth-order valence-electron chi connectivity index (χ4n) is 9.34. The summed E-state index contributed by atoms with van der Waals surface area (Å²) in [5.41, 5.74) is 1.45. The number of ether oxygens (including phenoxy) is 13. The molecular weight excluding hydrogens is 1720 g/mol. The largest absolute Gasteiger partial charge is 1.00 e. The van der Waals surface area contributed by atoms with E-state index in [4.69, 9.17) is 100 Å². The maximum absolute atomic E-state index is 11.6. The van der Waals surface area contributed by atoms with Crippen LogP contribution in [0.4, 0.5) is 0 Å². The number of hydrogen-bond acceptors (Lipinski definition) is 23. The molecule has 13 atom stereocenters. The standard InChI is InChI=1S/C11H18O3.C9H17NO3.C9H16O3.C9H14O3.2C7H12O3.C7H12O2.C6H9BrO2.C5H10O.2C4H8O.CH2Cl2.3CH4.Al.Li.2H2O.Pd.4H/c1-5-7-10(4)14-8-9(3)11(12)13-6-2;1-7-4-5-8(6-13-7)9(11)10(2)12-3;2*1-3-11-9(10)8-5-4-7(2)12-6-8;2*1-5-2-3-6(4-10-5)7(8)9;1-6-2-3-7(4-8)5-9-6;1-3-9-6(8)5(2)4-7;1-3-4-5(2)6;2*1-2-4-5-3-1;2-1-3;;;;;;;;;;;;/h5,10H,1,3,6-8H2,2,4H3;7-8H,4-6H2,1-3H3;7-8H,3-6H2,1-2H3;5,7H,3-4,6H2,1-2H3;2*5-6H,2-4H2,1H3,(H,8,9);4,6-7H,2-3,5H2,1H3;2-4H2,1H3;3,5-6H,1,4H2,2H3;2*1-4H2;1H2;3*1H4;;;2*1H2;;;;;/q;;;;;;;;;;;;;;;;+1;;;;;;;-1/t;7-,8-;;;5-,6-;;6-,7+;;;;;;;;;;;;;;;;;/m.1..1.1................./s1. The molecule has 7 unspecified atom stereocenters. The van der Waals surface area contributed by atoms with Crippen LogP contribution in [-0.4, -0.2) is 269 Å². The van der Waals surface area contributed by atoms with Gasteiger partial charge in [-0.15, -0.1) is 36.4 Å². The number of nitrogens with zero attached hydrogens (tertiary/aromatic N) is 1. The number of aliphatic hydroxyl groups excluding tert-OH is 1. The molecule has 0 bridgehead atoms. The fourth-order valence-corrected chi connectivity index (χ4v) is 9.57. The first-order chi connectivity index (χ1) is 51.4. The Morgan fingerprint density at radius 1 is 0.586 bits per heavy atom. The molecule has 7 fully saturated rings. The average Bonchev–Trinajstić information content (AvgIpc) is 1.06. The minimum absolute atomic E-state index is 0. The molecule has 1 amide bonds. The van der Waals surface area contributed by atoms with Crippen LogP contribution in [0.5, 0.6) is 0 Å². The van der Waals surface area contributed by atoms with E-state index in [1.165, 1.54) is 37.9 Å². The van der Waals surface area contributed by atoms with Crippen molar-refractivity contribution in [1.29, 1.82) is 0 Å². The first-order valence-corrected chi connectivity index (χ1v) is 40.1. The van der Waals surface area contributed by atoms with Gasteiger partial charge in [-0.1, -0.05) is 69.6 Å². The molecule has 8 rings (SSSR count). The van der Waals surface area contributed by atoms with Gasteiger partial charge in [-0.3, -0.25) is 24.0 Å². The summed E-state index contributed by atoms with van der Waals surface area (Å²) in [5.74, 6) is -2.94. The van der Waals surface area contributed by atoms with Crippen molar-refractivity contribution in [2.75, 3.05) is 124 Å². The van der Waals surface area contributed by atoms with Crippen LogP contribution in [-0.2, 0) is 125 Å². The van der Waals surface area contributed by atoms with E-state index in [1.807, 2.05) is 61.5 Å². The first-order valence-electron chi connectivity index (χ1n) is 37.9. The van der Waals surface area contributed by atoms with E-state index in [2.05, 4.69) is 47.0 Å². The maximum atomic E-state index is 11.6. The van der Waals surface area contributed by atoms with E-state index in [-0.39, 0.29) is 193 Å². The molecule has 688 valence electrons. The molecule has 7 N–H and O–H groups in total. The molecule has 0 saturated carbocycles. The average molecular weight is 1880 g/mol. The summed E-state index contributed by atoms with van der Waals surface area (Å²) >= 11 is 12.6. The number of hydrogen-bond donors (Lipinski definition) is 3. The maximum Gasteiger partial charge on any atom is 1.00 e. The van der Waals surface area contributed by atoms with Crippen molar-refractivity contribution in [3.05, 3.63) is 61.3 Å². The second-order valence-electron chi connectivity index (χ2n) is 26.1. The Morgan fingerprint density at radius 2 is 0.948 bits per heavy atom. The minimum atomic E-state index is -0.730. The van der Waals surface area contributed by atoms with Crippen LogP contribution in [0.3, 0.4) is 0 Å². The minimum Gasteiger partial charge on any atom is -1.00 e. The molecule has 7 saturated heterocycles. The third-order valence-electron chi connectivity index (χ3n) is 16.2. The van der Waals surface area contributed by atoms with Crippen molar-refractivity contribution < 1.29 is 172 Å². The first kappa shape index (κ1) is 139. The van der Waals surface area contributed by atoms with Crippen LogP contribution in [0.1, 0.15) is 216 Å². The second kappa shape index (κ2) is 94.2. The number of esters is 4. The predicted molar refractivity (Wildman–Crippen MR) is 460 cm³/mol. The fraction of sp³-hybridized carbons (Fsp3) is 0.780. The van der Waals surface area contributed by atoms with Gasteiger partial charge in [0.15, 0.2) is 17.4 Å². The third-order valence-corrected chi connectivity index (χ3v) is 16.9. The van der Waals surface area contributed by atoms with Gasteiger partial charge >= 0.3 is 54.7 Å². The number of hydroxylamine groups is 2. The number of aliphatic hydroxyl groups is 1. The Morgan fingerprint density at radius 3 is 1.22 bits per heavy atom. The van der Waals surface area contributed by atoms with E-state index in [0.29, 0.717) is 107 Å². The Bertz CT molecular complexity index is 2360. The van der Waals surface area contributed by atoms with E-state index >= 15 is 0 Å². The van der Waals surface area contributed by atoms with Crippen LogP contribution in [0, 0.1) is 29.6 Å². The molecule has 8 heterocycles. The molecule has 8 aliphatic rings. The van der Waals surface area contributed by atoms with Gasteiger partial charge in [0.05, 0.1) is 169 Å². The Hall–Kier alpha value is -3.01. The molecule has 0 aromatic heterocycles. The molecule has 34 heteroatoms. The molecule has 0 radical (unpaired) electrons. The van der Waals surface area contributed by atoms with Crippen molar-refractivity contribution in [3.63, 3.8) is 0 Å². The van der Waals surface area contributed by atoms with Gasteiger partial charge < -0.3 is 94.1 Å². The van der Waals surface area contributed by atoms with Gasteiger partial charge in [-0.2, -0.15) is 0 Å². The van der Waals surface area contributed by atoms with Gasteiger partial charge in [0.2, 0.25) is 0 Å². The van der Waals surface area contributed by atoms with Gasteiger partial charge in [0, 0.05) is 70.7 Å². The van der Waals surface area contributed by atoms with Crippen LogP contribution in [0.25, 0.3) is 0 Å². The zero-order valence-corrected chi connectivity index (χ0v) is 74.6.